The van der Waals surface area contributed by atoms with Gasteiger partial charge in [0.2, 0.25) is 5.91 Å². The van der Waals surface area contributed by atoms with Crippen molar-refractivity contribution in [3.05, 3.63) is 68.7 Å². The van der Waals surface area contributed by atoms with Gasteiger partial charge in [-0.15, -0.1) is 0 Å². The minimum Gasteiger partial charge on any atom is -0.462 e. The monoisotopic (exact) mass is 404 g/mol. The SMILES string of the molecule is CCOC(=O)c1ccc([N+](=O)[O-])c(NC(=O)C(CC)Cc2ccc(Cl)cc2)c1. The number of hydrogen-bond donors (Lipinski definition) is 1. The van der Waals surface area contributed by atoms with Crippen molar-refractivity contribution in [2.45, 2.75) is 26.7 Å². The van der Waals surface area contributed by atoms with Crippen LogP contribution in [0.3, 0.4) is 0 Å². The lowest BCUT2D eigenvalue weighted by molar-refractivity contribution is -0.383. The number of hydrogen-bond acceptors (Lipinski definition) is 5. The van der Waals surface area contributed by atoms with Gasteiger partial charge in [-0.05, 0) is 49.6 Å². The predicted molar refractivity (Wildman–Crippen MR) is 107 cm³/mol. The minimum atomic E-state index is -0.610. The van der Waals surface area contributed by atoms with E-state index in [2.05, 4.69) is 5.32 Å². The molecule has 0 radical (unpaired) electrons. The van der Waals surface area contributed by atoms with E-state index in [-0.39, 0.29) is 29.5 Å². The van der Waals surface area contributed by atoms with Gasteiger partial charge in [0.25, 0.3) is 5.69 Å². The molecule has 0 aromatic heterocycles. The highest BCUT2D eigenvalue weighted by atomic mass is 35.5. The molecule has 148 valence electrons. The fourth-order valence-corrected chi connectivity index (χ4v) is 2.82. The van der Waals surface area contributed by atoms with Gasteiger partial charge in [0.05, 0.1) is 17.1 Å². The van der Waals surface area contributed by atoms with E-state index < -0.39 is 16.8 Å². The van der Waals surface area contributed by atoms with E-state index in [1.54, 1.807) is 19.1 Å². The Kier molecular flexibility index (Phi) is 7.52. The van der Waals surface area contributed by atoms with Crippen LogP contribution in [0.15, 0.2) is 42.5 Å². The van der Waals surface area contributed by atoms with Crippen molar-refractivity contribution >= 4 is 34.9 Å². The molecular weight excluding hydrogens is 384 g/mol. The predicted octanol–water partition coefficient (Wildman–Crippen LogP) is 4.63. The first-order chi connectivity index (χ1) is 13.3. The van der Waals surface area contributed by atoms with E-state index in [4.69, 9.17) is 16.3 Å². The van der Waals surface area contributed by atoms with Gasteiger partial charge in [-0.2, -0.15) is 0 Å². The smallest absolute Gasteiger partial charge is 0.338 e. The van der Waals surface area contributed by atoms with E-state index in [9.17, 15) is 19.7 Å². The van der Waals surface area contributed by atoms with E-state index in [0.717, 1.165) is 5.56 Å². The lowest BCUT2D eigenvalue weighted by Gasteiger charge is -2.16. The summed E-state index contributed by atoms with van der Waals surface area (Å²) < 4.78 is 4.91. The quantitative estimate of drug-likeness (QED) is 0.392. The number of anilines is 1. The Bertz CT molecular complexity index is 867. The molecule has 2 rings (SSSR count). The van der Waals surface area contributed by atoms with Gasteiger partial charge in [0, 0.05) is 17.0 Å². The molecule has 0 spiro atoms. The highest BCUT2D eigenvalue weighted by Crippen LogP contribution is 2.27. The Morgan fingerprint density at radius 1 is 1.18 bits per heavy atom. The molecule has 0 bridgehead atoms. The summed E-state index contributed by atoms with van der Waals surface area (Å²) in [5.41, 5.74) is 0.743. The molecule has 8 heteroatoms. The number of nitrogens with one attached hydrogen (secondary N) is 1. The largest absolute Gasteiger partial charge is 0.462 e. The maximum Gasteiger partial charge on any atom is 0.338 e. The number of nitro groups is 1. The molecule has 7 nitrogen and oxygen atoms in total. The molecule has 0 aliphatic rings. The lowest BCUT2D eigenvalue weighted by atomic mass is 9.96. The average molecular weight is 405 g/mol. The van der Waals surface area contributed by atoms with E-state index >= 15 is 0 Å². The zero-order chi connectivity index (χ0) is 20.7. The van der Waals surface area contributed by atoms with E-state index in [0.29, 0.717) is 17.9 Å². The standard InChI is InChI=1S/C20H21ClN2O5/c1-3-14(11-13-5-8-16(21)9-6-13)19(24)22-17-12-15(20(25)28-4-2)7-10-18(17)23(26)27/h5-10,12,14H,3-4,11H2,1-2H3,(H,22,24). The third-order valence-corrected chi connectivity index (χ3v) is 4.47. The summed E-state index contributed by atoms with van der Waals surface area (Å²) in [6, 6.07) is 10.9. The fourth-order valence-electron chi connectivity index (χ4n) is 2.70. The Labute approximate surface area is 167 Å². The second-order valence-electron chi connectivity index (χ2n) is 6.13. The molecular formula is C20H21ClN2O5. The maximum atomic E-state index is 12.7. The third-order valence-electron chi connectivity index (χ3n) is 4.22. The zero-order valence-corrected chi connectivity index (χ0v) is 16.4. The zero-order valence-electron chi connectivity index (χ0n) is 15.6. The van der Waals surface area contributed by atoms with Crippen LogP contribution in [0.1, 0.15) is 36.2 Å². The van der Waals surface area contributed by atoms with E-state index in [1.165, 1.54) is 18.2 Å². The highest BCUT2D eigenvalue weighted by molar-refractivity contribution is 6.30. The molecule has 1 amide bonds. The highest BCUT2D eigenvalue weighted by Gasteiger charge is 2.23. The van der Waals surface area contributed by atoms with Gasteiger partial charge in [0.15, 0.2) is 0 Å². The van der Waals surface area contributed by atoms with Crippen LogP contribution in [0.5, 0.6) is 0 Å². The first kappa shape index (κ1) is 21.4. The summed E-state index contributed by atoms with van der Waals surface area (Å²) in [4.78, 5) is 35.3. The average Bonchev–Trinajstić information content (AvgIpc) is 2.67. The topological polar surface area (TPSA) is 98.5 Å². The summed E-state index contributed by atoms with van der Waals surface area (Å²) in [5, 5.41) is 14.5. The van der Waals surface area contributed by atoms with Crippen LogP contribution in [0.2, 0.25) is 5.02 Å². The fraction of sp³-hybridized carbons (Fsp3) is 0.300. The van der Waals surface area contributed by atoms with Crippen molar-refractivity contribution in [3.8, 4) is 0 Å². The second-order valence-corrected chi connectivity index (χ2v) is 6.57. The van der Waals surface area contributed by atoms with Gasteiger partial charge >= 0.3 is 5.97 Å². The molecule has 28 heavy (non-hydrogen) atoms. The number of ether oxygens (including phenoxy) is 1. The molecule has 0 aliphatic heterocycles. The summed E-state index contributed by atoms with van der Waals surface area (Å²) >= 11 is 5.88. The summed E-state index contributed by atoms with van der Waals surface area (Å²) in [6.07, 6.45) is 1.00. The van der Waals surface area contributed by atoms with Crippen molar-refractivity contribution in [1.82, 2.24) is 0 Å². The van der Waals surface area contributed by atoms with Crippen molar-refractivity contribution in [2.24, 2.45) is 5.92 Å². The molecule has 1 atom stereocenters. The maximum absolute atomic E-state index is 12.7. The molecule has 1 unspecified atom stereocenters. The first-order valence-corrected chi connectivity index (χ1v) is 9.24. The Hall–Kier alpha value is -2.93. The van der Waals surface area contributed by atoms with Crippen LogP contribution in [-0.4, -0.2) is 23.4 Å². The molecule has 0 heterocycles. The van der Waals surface area contributed by atoms with Crippen LogP contribution in [0, 0.1) is 16.0 Å². The van der Waals surface area contributed by atoms with Crippen molar-refractivity contribution in [2.75, 3.05) is 11.9 Å². The van der Waals surface area contributed by atoms with Crippen LogP contribution in [0.25, 0.3) is 0 Å². The third kappa shape index (κ3) is 5.53. The number of nitro benzene ring substituents is 1. The van der Waals surface area contributed by atoms with Crippen LogP contribution < -0.4 is 5.32 Å². The second kappa shape index (κ2) is 9.85. The van der Waals surface area contributed by atoms with Crippen LogP contribution in [0.4, 0.5) is 11.4 Å². The first-order valence-electron chi connectivity index (χ1n) is 8.86. The molecule has 2 aromatic rings. The van der Waals surface area contributed by atoms with Crippen LogP contribution >= 0.6 is 11.6 Å². The number of amides is 1. The van der Waals surface area contributed by atoms with Gasteiger partial charge in [0.1, 0.15) is 5.69 Å². The minimum absolute atomic E-state index is 0.0323. The summed E-state index contributed by atoms with van der Waals surface area (Å²) in [6.45, 7) is 3.70. The number of rotatable bonds is 8. The van der Waals surface area contributed by atoms with Gasteiger partial charge in [-0.3, -0.25) is 14.9 Å². The molecule has 0 aliphatic carbocycles. The Balaban J connectivity index is 2.23. The van der Waals surface area contributed by atoms with Crippen molar-refractivity contribution in [3.63, 3.8) is 0 Å². The molecule has 2 aromatic carbocycles. The lowest BCUT2D eigenvalue weighted by Crippen LogP contribution is -2.24. The van der Waals surface area contributed by atoms with Gasteiger partial charge in [-0.25, -0.2) is 4.79 Å². The summed E-state index contributed by atoms with van der Waals surface area (Å²) in [7, 11) is 0. The van der Waals surface area contributed by atoms with Crippen LogP contribution in [-0.2, 0) is 16.0 Å². The van der Waals surface area contributed by atoms with Crippen molar-refractivity contribution < 1.29 is 19.2 Å². The molecule has 0 fully saturated rings. The Morgan fingerprint density at radius 3 is 2.43 bits per heavy atom. The van der Waals surface area contributed by atoms with Gasteiger partial charge < -0.3 is 10.1 Å². The number of carbonyl (C=O) groups excluding carboxylic acids is 2. The molecule has 0 saturated carbocycles. The van der Waals surface area contributed by atoms with Crippen molar-refractivity contribution in [1.29, 1.82) is 0 Å². The van der Waals surface area contributed by atoms with Gasteiger partial charge in [-0.1, -0.05) is 30.7 Å². The Morgan fingerprint density at radius 2 is 1.86 bits per heavy atom. The number of carbonyl (C=O) groups is 2. The number of halogens is 1. The summed E-state index contributed by atoms with van der Waals surface area (Å²) in [5.74, 6) is -1.37. The number of benzene rings is 2. The number of nitrogens with zero attached hydrogens (tertiary/aromatic N) is 1. The van der Waals surface area contributed by atoms with E-state index in [1.807, 2.05) is 19.1 Å². The normalized spacial score (nSPS) is 11.5. The number of esters is 1. The molecule has 0 saturated heterocycles. The molecule has 1 N–H and O–H groups in total.